The summed E-state index contributed by atoms with van der Waals surface area (Å²) in [7, 11) is -0.278. The molecule has 0 heterocycles. The molecule has 1 aliphatic rings. The summed E-state index contributed by atoms with van der Waals surface area (Å²) in [4.78, 5) is 2.57. The van der Waals surface area contributed by atoms with Gasteiger partial charge in [-0.15, -0.1) is 11.6 Å². The summed E-state index contributed by atoms with van der Waals surface area (Å²) in [5, 5.41) is 0. The van der Waals surface area contributed by atoms with Gasteiger partial charge in [-0.05, 0) is 37.1 Å². The van der Waals surface area contributed by atoms with Gasteiger partial charge in [0.25, 0.3) is 0 Å². The van der Waals surface area contributed by atoms with Crippen molar-refractivity contribution in [3.63, 3.8) is 0 Å². The molecule has 1 aromatic carbocycles. The maximum absolute atomic E-state index is 12.0. The second kappa shape index (κ2) is 5.69. The van der Waals surface area contributed by atoms with E-state index in [0.29, 0.717) is 16.8 Å². The van der Waals surface area contributed by atoms with Gasteiger partial charge in [0.05, 0.1) is 4.90 Å². The molecule has 106 valence electrons. The topological polar surface area (TPSA) is 40.6 Å². The quantitative estimate of drug-likeness (QED) is 0.756. The smallest absolute Gasteiger partial charge is 0.242 e. The van der Waals surface area contributed by atoms with Gasteiger partial charge in [-0.3, -0.25) is 0 Å². The Balaban J connectivity index is 2.22. The molecule has 0 amide bonds. The summed E-state index contributed by atoms with van der Waals surface area (Å²) in [5.74, 6) is 0.578. The highest BCUT2D eigenvalue weighted by Gasteiger charge is 2.29. The molecule has 0 atom stereocenters. The zero-order valence-corrected chi connectivity index (χ0v) is 12.8. The van der Waals surface area contributed by atoms with Crippen LogP contribution in [0.5, 0.6) is 0 Å². The highest BCUT2D eigenvalue weighted by Crippen LogP contribution is 2.32. The first kappa shape index (κ1) is 14.6. The molecule has 1 aromatic rings. The summed E-state index contributed by atoms with van der Waals surface area (Å²) in [5.41, 5.74) is 1.04. The largest absolute Gasteiger partial charge is 0.367 e. The normalized spacial score (nSPS) is 15.8. The van der Waals surface area contributed by atoms with Gasteiger partial charge in [0.2, 0.25) is 10.0 Å². The van der Waals surface area contributed by atoms with Crippen LogP contribution in [-0.2, 0) is 10.0 Å². The van der Waals surface area contributed by atoms with E-state index < -0.39 is 10.0 Å². The Morgan fingerprint density at radius 2 is 1.79 bits per heavy atom. The van der Waals surface area contributed by atoms with Gasteiger partial charge in [0.15, 0.2) is 0 Å². The molecule has 1 aliphatic carbocycles. The molecule has 4 nitrogen and oxygen atoms in total. The molecule has 1 saturated carbocycles. The molecule has 1 fully saturated rings. The second-order valence-electron chi connectivity index (χ2n) is 4.89. The van der Waals surface area contributed by atoms with E-state index in [1.165, 1.54) is 31.2 Å². The fraction of sp³-hybridized carbons (Fsp3) is 0.538. The van der Waals surface area contributed by atoms with Crippen molar-refractivity contribution in [2.75, 3.05) is 31.4 Å². The van der Waals surface area contributed by atoms with Crippen LogP contribution in [0.15, 0.2) is 29.2 Å². The lowest BCUT2D eigenvalue weighted by Gasteiger charge is -2.24. The molecule has 0 aliphatic heterocycles. The van der Waals surface area contributed by atoms with Crippen molar-refractivity contribution >= 4 is 27.3 Å². The van der Waals surface area contributed by atoms with Gasteiger partial charge in [-0.2, -0.15) is 0 Å². The van der Waals surface area contributed by atoms with Crippen LogP contribution in [0.4, 0.5) is 5.69 Å². The fourth-order valence-electron chi connectivity index (χ4n) is 2.02. The maximum atomic E-state index is 12.0. The third-order valence-corrected chi connectivity index (χ3v) is 5.26. The molecule has 6 heteroatoms. The Morgan fingerprint density at radius 1 is 1.21 bits per heavy atom. The van der Waals surface area contributed by atoms with E-state index in [4.69, 9.17) is 11.6 Å². The second-order valence-corrected chi connectivity index (χ2v) is 7.42. The number of nitrogens with zero attached hydrogens (tertiary/aromatic N) is 2. The van der Waals surface area contributed by atoms with Crippen LogP contribution in [-0.4, -0.2) is 45.3 Å². The van der Waals surface area contributed by atoms with Gasteiger partial charge in [0.1, 0.15) is 0 Å². The highest BCUT2D eigenvalue weighted by atomic mass is 35.5. The molecule has 0 radical (unpaired) electrons. The number of hydrogen-bond acceptors (Lipinski definition) is 3. The molecular formula is C13H19ClN2O2S. The lowest BCUT2D eigenvalue weighted by Crippen LogP contribution is -2.28. The number of sulfonamides is 1. The van der Waals surface area contributed by atoms with Crippen molar-refractivity contribution in [2.24, 2.45) is 0 Å². The van der Waals surface area contributed by atoms with Gasteiger partial charge in [-0.25, -0.2) is 12.7 Å². The van der Waals surface area contributed by atoms with E-state index in [1.807, 2.05) is 12.1 Å². The van der Waals surface area contributed by atoms with Crippen molar-refractivity contribution in [2.45, 2.75) is 23.8 Å². The van der Waals surface area contributed by atoms with Crippen molar-refractivity contribution in [3.8, 4) is 0 Å². The average Bonchev–Trinajstić information content (AvgIpc) is 3.20. The first-order chi connectivity index (χ1) is 8.96. The average molecular weight is 303 g/mol. The molecule has 19 heavy (non-hydrogen) atoms. The molecular weight excluding hydrogens is 284 g/mol. The highest BCUT2D eigenvalue weighted by molar-refractivity contribution is 7.89. The van der Waals surface area contributed by atoms with Crippen LogP contribution in [0, 0.1) is 0 Å². The van der Waals surface area contributed by atoms with Gasteiger partial charge in [0, 0.05) is 38.2 Å². The summed E-state index contributed by atoms with van der Waals surface area (Å²) in [6.07, 6.45) is 2.38. The lowest BCUT2D eigenvalue weighted by atomic mass is 10.3. The third kappa shape index (κ3) is 3.22. The minimum atomic E-state index is -3.35. The molecule has 0 aromatic heterocycles. The van der Waals surface area contributed by atoms with Crippen LogP contribution in [0.25, 0.3) is 0 Å². The van der Waals surface area contributed by atoms with E-state index in [1.54, 1.807) is 12.1 Å². The number of halogens is 1. The Hall–Kier alpha value is -0.780. The monoisotopic (exact) mass is 302 g/mol. The number of anilines is 1. The SMILES string of the molecule is CN(C)S(=O)(=O)c1ccc(N(CCCl)C2CC2)cc1. The van der Waals surface area contributed by atoms with E-state index in [9.17, 15) is 8.42 Å². The fourth-order valence-corrected chi connectivity index (χ4v) is 3.10. The Bertz CT molecular complexity index is 524. The minimum Gasteiger partial charge on any atom is -0.367 e. The van der Waals surface area contributed by atoms with Gasteiger partial charge >= 0.3 is 0 Å². The van der Waals surface area contributed by atoms with E-state index >= 15 is 0 Å². The minimum absolute atomic E-state index is 0.322. The van der Waals surface area contributed by atoms with Crippen LogP contribution < -0.4 is 4.90 Å². The molecule has 0 unspecified atom stereocenters. The van der Waals surface area contributed by atoms with Crippen molar-refractivity contribution < 1.29 is 8.42 Å². The van der Waals surface area contributed by atoms with Crippen molar-refractivity contribution in [1.82, 2.24) is 4.31 Å². The van der Waals surface area contributed by atoms with Crippen molar-refractivity contribution in [3.05, 3.63) is 24.3 Å². The number of hydrogen-bond donors (Lipinski definition) is 0. The van der Waals surface area contributed by atoms with Crippen LogP contribution >= 0.6 is 11.6 Å². The lowest BCUT2D eigenvalue weighted by molar-refractivity contribution is 0.521. The molecule has 0 N–H and O–H groups in total. The predicted octanol–water partition coefficient (Wildman–Crippen LogP) is 2.14. The van der Waals surface area contributed by atoms with Gasteiger partial charge in [-0.1, -0.05) is 0 Å². The molecule has 0 saturated heterocycles. The molecule has 0 bridgehead atoms. The zero-order chi connectivity index (χ0) is 14.0. The van der Waals surface area contributed by atoms with E-state index in [2.05, 4.69) is 4.90 Å². The Kier molecular flexibility index (Phi) is 4.38. The predicted molar refractivity (Wildman–Crippen MR) is 78.4 cm³/mol. The molecule has 0 spiro atoms. The number of alkyl halides is 1. The van der Waals surface area contributed by atoms with E-state index in [0.717, 1.165) is 12.2 Å². The summed E-state index contributed by atoms with van der Waals surface area (Å²) < 4.78 is 25.2. The van der Waals surface area contributed by atoms with Crippen LogP contribution in [0.3, 0.4) is 0 Å². The Morgan fingerprint density at radius 3 is 2.21 bits per heavy atom. The number of benzene rings is 1. The summed E-state index contributed by atoms with van der Waals surface area (Å²) >= 11 is 5.82. The van der Waals surface area contributed by atoms with Gasteiger partial charge < -0.3 is 4.90 Å². The van der Waals surface area contributed by atoms with Crippen LogP contribution in [0.2, 0.25) is 0 Å². The Labute approximate surface area is 120 Å². The van der Waals surface area contributed by atoms with Crippen molar-refractivity contribution in [1.29, 1.82) is 0 Å². The molecule has 2 rings (SSSR count). The summed E-state index contributed by atoms with van der Waals surface area (Å²) in [6, 6.07) is 7.61. The van der Waals surface area contributed by atoms with E-state index in [-0.39, 0.29) is 0 Å². The first-order valence-corrected chi connectivity index (χ1v) is 8.29. The third-order valence-electron chi connectivity index (χ3n) is 3.26. The van der Waals surface area contributed by atoms with Crippen LogP contribution in [0.1, 0.15) is 12.8 Å². The number of rotatable bonds is 6. The zero-order valence-electron chi connectivity index (χ0n) is 11.2. The standard InChI is InChI=1S/C13H19ClN2O2S/c1-15(2)19(17,18)13-7-5-12(6-8-13)16(10-9-14)11-3-4-11/h5-8,11H,3-4,9-10H2,1-2H3. The summed E-state index contributed by atoms with van der Waals surface area (Å²) in [6.45, 7) is 0.798. The maximum Gasteiger partial charge on any atom is 0.242 e. The first-order valence-electron chi connectivity index (χ1n) is 6.32.